The third-order valence-electron chi connectivity index (χ3n) is 2.77. The maximum atomic E-state index is 11.2. The number of hydrogen-bond acceptors (Lipinski definition) is 4. The van der Waals surface area contributed by atoms with Gasteiger partial charge >= 0.3 is 5.97 Å². The van der Waals surface area contributed by atoms with E-state index < -0.39 is 28.0 Å². The summed E-state index contributed by atoms with van der Waals surface area (Å²) in [5, 5.41) is 18.4. The third-order valence-corrected chi connectivity index (χ3v) is 3.45. The number of aliphatic carboxylic acids is 1. The van der Waals surface area contributed by atoms with E-state index in [1.54, 1.807) is 19.1 Å². The van der Waals surface area contributed by atoms with Gasteiger partial charge in [0.1, 0.15) is 11.8 Å². The fourth-order valence-electron chi connectivity index (χ4n) is 1.92. The van der Waals surface area contributed by atoms with Crippen LogP contribution in [0.15, 0.2) is 24.3 Å². The summed E-state index contributed by atoms with van der Waals surface area (Å²) in [7, 11) is -3.62. The van der Waals surface area contributed by atoms with Gasteiger partial charge in [0.05, 0.1) is 6.26 Å². The zero-order valence-corrected chi connectivity index (χ0v) is 11.5. The molecule has 0 aliphatic heterocycles. The second-order valence-electron chi connectivity index (χ2n) is 4.31. The maximum absolute atomic E-state index is 11.2. The summed E-state index contributed by atoms with van der Waals surface area (Å²) in [6, 6.07) is 4.83. The zero-order valence-electron chi connectivity index (χ0n) is 10.7. The van der Waals surface area contributed by atoms with Gasteiger partial charge in [0.15, 0.2) is 0 Å². The van der Waals surface area contributed by atoms with E-state index >= 15 is 0 Å². The Labute approximate surface area is 112 Å². The average Bonchev–Trinajstić information content (AvgIpc) is 2.29. The summed E-state index contributed by atoms with van der Waals surface area (Å²) in [6.45, 7) is 1.78. The molecule has 2 atom stereocenters. The van der Waals surface area contributed by atoms with Gasteiger partial charge in [-0.2, -0.15) is 0 Å². The molecule has 19 heavy (non-hydrogen) atoms. The van der Waals surface area contributed by atoms with Gasteiger partial charge in [0, 0.05) is 5.92 Å². The van der Waals surface area contributed by atoms with E-state index in [9.17, 15) is 23.4 Å². The number of carboxylic acid groups (broad SMARTS) is 1. The Morgan fingerprint density at radius 1 is 1.32 bits per heavy atom. The Bertz CT molecular complexity index is 538. The van der Waals surface area contributed by atoms with E-state index in [-0.39, 0.29) is 5.75 Å². The smallest absolute Gasteiger partial charge is 0.322 e. The molecule has 0 spiro atoms. The first-order valence-electron chi connectivity index (χ1n) is 5.73. The lowest BCUT2D eigenvalue weighted by molar-refractivity contribution is -0.139. The highest BCUT2D eigenvalue weighted by molar-refractivity contribution is 7.88. The van der Waals surface area contributed by atoms with Crippen LogP contribution in [-0.2, 0) is 14.8 Å². The molecule has 1 rings (SSSR count). The summed E-state index contributed by atoms with van der Waals surface area (Å²) in [6.07, 6.45) is 1.37. The van der Waals surface area contributed by atoms with Crippen molar-refractivity contribution in [1.29, 1.82) is 0 Å². The first kappa shape index (κ1) is 15.5. The van der Waals surface area contributed by atoms with Crippen molar-refractivity contribution in [3.05, 3.63) is 29.8 Å². The molecule has 2 unspecified atom stereocenters. The lowest BCUT2D eigenvalue weighted by Crippen LogP contribution is -2.44. The van der Waals surface area contributed by atoms with Gasteiger partial charge in [-0.3, -0.25) is 4.79 Å². The fourth-order valence-corrected chi connectivity index (χ4v) is 2.65. The molecular formula is C12H17NO5S. The summed E-state index contributed by atoms with van der Waals surface area (Å²) in [5.41, 5.74) is 0.656. The highest BCUT2D eigenvalue weighted by atomic mass is 32.2. The lowest BCUT2D eigenvalue weighted by Gasteiger charge is -2.23. The van der Waals surface area contributed by atoms with Gasteiger partial charge in [0.2, 0.25) is 10.0 Å². The largest absolute Gasteiger partial charge is 0.508 e. The van der Waals surface area contributed by atoms with Crippen LogP contribution in [0.5, 0.6) is 5.75 Å². The van der Waals surface area contributed by atoms with Crippen LogP contribution in [0.1, 0.15) is 24.8 Å². The number of benzene rings is 1. The SMILES string of the molecule is CCC(c1ccc(O)cc1)C(NS(C)(=O)=O)C(=O)O. The molecule has 1 aromatic rings. The third kappa shape index (κ3) is 4.53. The van der Waals surface area contributed by atoms with Crippen LogP contribution < -0.4 is 4.72 Å². The molecule has 0 fully saturated rings. The van der Waals surface area contributed by atoms with Crippen molar-refractivity contribution >= 4 is 16.0 Å². The molecule has 0 aliphatic carbocycles. The summed E-state index contributed by atoms with van der Waals surface area (Å²) >= 11 is 0. The van der Waals surface area contributed by atoms with E-state index in [0.717, 1.165) is 6.26 Å². The van der Waals surface area contributed by atoms with Gasteiger partial charge in [-0.15, -0.1) is 0 Å². The van der Waals surface area contributed by atoms with Gasteiger partial charge in [-0.1, -0.05) is 19.1 Å². The molecule has 106 valence electrons. The Morgan fingerprint density at radius 3 is 2.21 bits per heavy atom. The van der Waals surface area contributed by atoms with Crippen molar-refractivity contribution in [2.45, 2.75) is 25.3 Å². The van der Waals surface area contributed by atoms with E-state index in [4.69, 9.17) is 0 Å². The van der Waals surface area contributed by atoms with Crippen molar-refractivity contribution < 1.29 is 23.4 Å². The minimum absolute atomic E-state index is 0.0709. The highest BCUT2D eigenvalue weighted by Crippen LogP contribution is 2.25. The zero-order chi connectivity index (χ0) is 14.6. The number of nitrogens with one attached hydrogen (secondary N) is 1. The number of aromatic hydroxyl groups is 1. The molecule has 0 bridgehead atoms. The van der Waals surface area contributed by atoms with Crippen LogP contribution in [0.2, 0.25) is 0 Å². The first-order valence-corrected chi connectivity index (χ1v) is 7.62. The predicted octanol–water partition coefficient (Wildman–Crippen LogP) is 0.888. The highest BCUT2D eigenvalue weighted by Gasteiger charge is 2.30. The lowest BCUT2D eigenvalue weighted by atomic mass is 9.89. The topological polar surface area (TPSA) is 104 Å². The monoisotopic (exact) mass is 287 g/mol. The number of carbonyl (C=O) groups is 1. The minimum atomic E-state index is -3.62. The van der Waals surface area contributed by atoms with E-state index in [2.05, 4.69) is 4.72 Å². The summed E-state index contributed by atoms with van der Waals surface area (Å²) < 4.78 is 24.6. The Kier molecular flexibility index (Phi) is 4.90. The number of hydrogen-bond donors (Lipinski definition) is 3. The molecule has 0 aliphatic rings. The van der Waals surface area contributed by atoms with Gasteiger partial charge in [-0.25, -0.2) is 13.1 Å². The molecule has 0 heterocycles. The molecule has 0 aromatic heterocycles. The van der Waals surface area contributed by atoms with Crippen LogP contribution in [-0.4, -0.2) is 36.9 Å². The van der Waals surface area contributed by atoms with E-state index in [0.29, 0.717) is 12.0 Å². The predicted molar refractivity (Wildman–Crippen MR) is 70.5 cm³/mol. The van der Waals surface area contributed by atoms with Crippen LogP contribution in [0, 0.1) is 0 Å². The Hall–Kier alpha value is -1.60. The van der Waals surface area contributed by atoms with Gasteiger partial charge < -0.3 is 10.2 Å². The van der Waals surface area contributed by atoms with Gasteiger partial charge in [-0.05, 0) is 24.1 Å². The van der Waals surface area contributed by atoms with Crippen molar-refractivity contribution in [3.63, 3.8) is 0 Å². The number of rotatable bonds is 6. The number of sulfonamides is 1. The normalized spacial score (nSPS) is 14.8. The second kappa shape index (κ2) is 6.03. The first-order chi connectivity index (χ1) is 8.74. The summed E-state index contributed by atoms with van der Waals surface area (Å²) in [4.78, 5) is 11.2. The molecule has 0 saturated heterocycles. The van der Waals surface area contributed by atoms with E-state index in [1.165, 1.54) is 12.1 Å². The Balaban J connectivity index is 3.10. The standard InChI is InChI=1S/C12H17NO5S/c1-3-10(8-4-6-9(14)7-5-8)11(12(15)16)13-19(2,17)18/h4-7,10-11,13-14H,3H2,1-2H3,(H,15,16). The molecule has 0 saturated carbocycles. The maximum Gasteiger partial charge on any atom is 0.322 e. The number of phenols is 1. The van der Waals surface area contributed by atoms with Crippen molar-refractivity contribution in [2.24, 2.45) is 0 Å². The quantitative estimate of drug-likeness (QED) is 0.721. The molecular weight excluding hydrogens is 270 g/mol. The van der Waals surface area contributed by atoms with Crippen molar-refractivity contribution in [1.82, 2.24) is 4.72 Å². The van der Waals surface area contributed by atoms with Crippen molar-refractivity contribution in [2.75, 3.05) is 6.26 Å². The van der Waals surface area contributed by atoms with Crippen LogP contribution in [0.25, 0.3) is 0 Å². The number of carboxylic acids is 1. The molecule has 6 nitrogen and oxygen atoms in total. The average molecular weight is 287 g/mol. The summed E-state index contributed by atoms with van der Waals surface area (Å²) in [5.74, 6) is -1.67. The van der Waals surface area contributed by atoms with Crippen LogP contribution >= 0.6 is 0 Å². The molecule has 7 heteroatoms. The second-order valence-corrected chi connectivity index (χ2v) is 6.09. The Morgan fingerprint density at radius 2 is 1.84 bits per heavy atom. The molecule has 3 N–H and O–H groups in total. The van der Waals surface area contributed by atoms with Gasteiger partial charge in [0.25, 0.3) is 0 Å². The fraction of sp³-hybridized carbons (Fsp3) is 0.417. The van der Waals surface area contributed by atoms with E-state index in [1.807, 2.05) is 0 Å². The molecule has 0 amide bonds. The minimum Gasteiger partial charge on any atom is -0.508 e. The number of phenolic OH excluding ortho intramolecular Hbond substituents is 1. The molecule has 0 radical (unpaired) electrons. The van der Waals surface area contributed by atoms with Crippen molar-refractivity contribution in [3.8, 4) is 5.75 Å². The van der Waals surface area contributed by atoms with Crippen LogP contribution in [0.3, 0.4) is 0 Å². The van der Waals surface area contributed by atoms with Crippen LogP contribution in [0.4, 0.5) is 0 Å². The molecule has 1 aromatic carbocycles.